The Morgan fingerprint density at radius 1 is 0.923 bits per heavy atom. The lowest BCUT2D eigenvalue weighted by Gasteiger charge is -2.08. The second-order valence-electron chi connectivity index (χ2n) is 5.50. The summed E-state index contributed by atoms with van der Waals surface area (Å²) in [7, 11) is 0. The number of carbonyl (C=O) groups is 2. The minimum Gasteiger partial charge on any atom is -0.339 e. The summed E-state index contributed by atoms with van der Waals surface area (Å²) < 4.78 is 0. The van der Waals surface area contributed by atoms with Crippen LogP contribution in [0.4, 0.5) is 17.3 Å². The largest absolute Gasteiger partial charge is 0.339 e. The number of hydrogen-bond acceptors (Lipinski definition) is 5. The highest BCUT2D eigenvalue weighted by molar-refractivity contribution is 6.34. The van der Waals surface area contributed by atoms with Crippen LogP contribution in [0.5, 0.6) is 0 Å². The zero-order valence-electron chi connectivity index (χ0n) is 13.9. The van der Waals surface area contributed by atoms with E-state index < -0.39 is 0 Å². The highest BCUT2D eigenvalue weighted by Crippen LogP contribution is 2.18. The van der Waals surface area contributed by atoms with Crippen LogP contribution in [0.1, 0.15) is 27.6 Å². The van der Waals surface area contributed by atoms with E-state index in [0.717, 1.165) is 5.69 Å². The van der Waals surface area contributed by atoms with E-state index in [0.29, 0.717) is 27.8 Å². The maximum absolute atomic E-state index is 12.2. The number of halogens is 1. The molecule has 130 valence electrons. The van der Waals surface area contributed by atoms with Gasteiger partial charge in [0, 0.05) is 11.3 Å². The van der Waals surface area contributed by atoms with Crippen LogP contribution >= 0.6 is 11.6 Å². The normalized spacial score (nSPS) is 10.2. The fourth-order valence-electron chi connectivity index (χ4n) is 2.26. The van der Waals surface area contributed by atoms with Crippen LogP contribution in [0.3, 0.4) is 0 Å². The highest BCUT2D eigenvalue weighted by atomic mass is 35.5. The van der Waals surface area contributed by atoms with E-state index in [-0.39, 0.29) is 11.7 Å². The molecule has 2 N–H and O–H groups in total. The lowest BCUT2D eigenvalue weighted by atomic mass is 10.1. The van der Waals surface area contributed by atoms with Crippen LogP contribution in [0.25, 0.3) is 0 Å². The second-order valence-corrected chi connectivity index (χ2v) is 5.91. The number of ketones is 1. The van der Waals surface area contributed by atoms with Gasteiger partial charge in [-0.1, -0.05) is 35.9 Å². The molecule has 3 aromatic rings. The molecule has 0 aliphatic rings. The Bertz CT molecular complexity index is 958. The number of carbonyl (C=O) groups excluding carboxylic acids is 2. The van der Waals surface area contributed by atoms with Crippen molar-refractivity contribution in [3.63, 3.8) is 0 Å². The van der Waals surface area contributed by atoms with Crippen LogP contribution in [0.2, 0.25) is 5.02 Å². The number of benzene rings is 2. The first-order valence-corrected chi connectivity index (χ1v) is 8.18. The van der Waals surface area contributed by atoms with Crippen molar-refractivity contribution in [1.29, 1.82) is 0 Å². The lowest BCUT2D eigenvalue weighted by molar-refractivity contribution is 0.101. The zero-order chi connectivity index (χ0) is 18.5. The molecule has 6 nitrogen and oxygen atoms in total. The van der Waals surface area contributed by atoms with Crippen LogP contribution in [0, 0.1) is 0 Å². The molecular weight excluding hydrogens is 352 g/mol. The monoisotopic (exact) mass is 366 g/mol. The molecule has 1 heterocycles. The predicted molar refractivity (Wildman–Crippen MR) is 101 cm³/mol. The fraction of sp³-hybridized carbons (Fsp3) is 0.0526. The molecular formula is C19H15ClN4O2. The Morgan fingerprint density at radius 2 is 1.65 bits per heavy atom. The third-order valence-electron chi connectivity index (χ3n) is 3.57. The van der Waals surface area contributed by atoms with Gasteiger partial charge in [0.2, 0.25) is 0 Å². The van der Waals surface area contributed by atoms with Gasteiger partial charge in [-0.2, -0.15) is 0 Å². The molecule has 0 aliphatic carbocycles. The number of Topliss-reactive ketones (excluding diaryl/α,β-unsaturated/α-hetero) is 1. The van der Waals surface area contributed by atoms with Crippen LogP contribution < -0.4 is 10.6 Å². The quantitative estimate of drug-likeness (QED) is 0.656. The number of amides is 1. The SMILES string of the molecule is CC(=O)c1cccc(Nc2ccc(NC(=O)c3ccccc3Cl)nn2)c1. The van der Waals surface area contributed by atoms with Gasteiger partial charge in [-0.05, 0) is 43.3 Å². The molecule has 26 heavy (non-hydrogen) atoms. The summed E-state index contributed by atoms with van der Waals surface area (Å²) in [6, 6.07) is 17.1. The number of rotatable bonds is 5. The number of aromatic nitrogens is 2. The second kappa shape index (κ2) is 7.76. The first-order chi connectivity index (χ1) is 12.5. The number of anilines is 3. The van der Waals surface area contributed by atoms with E-state index in [1.165, 1.54) is 6.92 Å². The Hall–Kier alpha value is -3.25. The summed E-state index contributed by atoms with van der Waals surface area (Å²) in [4.78, 5) is 23.6. The van der Waals surface area contributed by atoms with Crippen molar-refractivity contribution in [2.75, 3.05) is 10.6 Å². The topological polar surface area (TPSA) is 84.0 Å². The molecule has 3 rings (SSSR count). The summed E-state index contributed by atoms with van der Waals surface area (Å²) >= 11 is 6.00. The van der Waals surface area contributed by atoms with Gasteiger partial charge in [0.25, 0.3) is 5.91 Å². The van der Waals surface area contributed by atoms with Crippen molar-refractivity contribution in [3.05, 3.63) is 76.8 Å². The van der Waals surface area contributed by atoms with Crippen LogP contribution in [-0.2, 0) is 0 Å². The Morgan fingerprint density at radius 3 is 2.35 bits per heavy atom. The maximum atomic E-state index is 12.2. The van der Waals surface area contributed by atoms with Gasteiger partial charge in [0.05, 0.1) is 10.6 Å². The molecule has 0 unspecified atom stereocenters. The summed E-state index contributed by atoms with van der Waals surface area (Å²) in [5, 5.41) is 14.1. The molecule has 0 fully saturated rings. The zero-order valence-corrected chi connectivity index (χ0v) is 14.6. The molecule has 0 saturated carbocycles. The molecule has 0 bridgehead atoms. The van der Waals surface area contributed by atoms with Crippen molar-refractivity contribution in [2.24, 2.45) is 0 Å². The van der Waals surface area contributed by atoms with Gasteiger partial charge in [0.15, 0.2) is 17.4 Å². The summed E-state index contributed by atoms with van der Waals surface area (Å²) in [5.74, 6) is 0.413. The van der Waals surface area contributed by atoms with Crippen molar-refractivity contribution in [3.8, 4) is 0 Å². The Kier molecular flexibility index (Phi) is 5.24. The minimum atomic E-state index is -0.361. The van der Waals surface area contributed by atoms with Crippen LogP contribution in [-0.4, -0.2) is 21.9 Å². The minimum absolute atomic E-state index is 0.0163. The molecule has 2 aromatic carbocycles. The standard InChI is InChI=1S/C19H15ClN4O2/c1-12(25)13-5-4-6-14(11-13)21-17-9-10-18(24-23-17)22-19(26)15-7-2-3-8-16(15)20/h2-11H,1H3,(H,21,23)(H,22,24,26). The van der Waals surface area contributed by atoms with E-state index in [1.54, 1.807) is 54.6 Å². The summed E-state index contributed by atoms with van der Waals surface area (Å²) in [5.41, 5.74) is 1.69. The van der Waals surface area contributed by atoms with Gasteiger partial charge in [-0.15, -0.1) is 10.2 Å². The van der Waals surface area contributed by atoms with Crippen molar-refractivity contribution in [2.45, 2.75) is 6.92 Å². The van der Waals surface area contributed by atoms with Crippen molar-refractivity contribution >= 4 is 40.6 Å². The van der Waals surface area contributed by atoms with E-state index in [2.05, 4.69) is 20.8 Å². The molecule has 0 atom stereocenters. The number of nitrogens with one attached hydrogen (secondary N) is 2. The Labute approximate surface area is 155 Å². The molecule has 7 heteroatoms. The van der Waals surface area contributed by atoms with Crippen LogP contribution in [0.15, 0.2) is 60.7 Å². The number of hydrogen-bond donors (Lipinski definition) is 2. The molecule has 0 radical (unpaired) electrons. The molecule has 0 saturated heterocycles. The Balaban J connectivity index is 1.69. The molecule has 1 amide bonds. The van der Waals surface area contributed by atoms with Gasteiger partial charge in [0.1, 0.15) is 0 Å². The average Bonchev–Trinajstić information content (AvgIpc) is 2.64. The third-order valence-corrected chi connectivity index (χ3v) is 3.90. The van der Waals surface area contributed by atoms with E-state index in [1.807, 2.05) is 6.07 Å². The summed E-state index contributed by atoms with van der Waals surface area (Å²) in [6.45, 7) is 1.51. The van der Waals surface area contributed by atoms with Crippen molar-refractivity contribution in [1.82, 2.24) is 10.2 Å². The van der Waals surface area contributed by atoms with Gasteiger partial charge in [-0.3, -0.25) is 9.59 Å². The maximum Gasteiger partial charge on any atom is 0.258 e. The predicted octanol–water partition coefficient (Wildman–Crippen LogP) is 4.33. The molecule has 0 aliphatic heterocycles. The fourth-order valence-corrected chi connectivity index (χ4v) is 2.48. The van der Waals surface area contributed by atoms with Gasteiger partial charge < -0.3 is 10.6 Å². The molecule has 0 spiro atoms. The highest BCUT2D eigenvalue weighted by Gasteiger charge is 2.10. The molecule has 1 aromatic heterocycles. The van der Waals surface area contributed by atoms with Gasteiger partial charge in [-0.25, -0.2) is 0 Å². The lowest BCUT2D eigenvalue weighted by Crippen LogP contribution is -2.14. The number of nitrogens with zero attached hydrogens (tertiary/aromatic N) is 2. The van der Waals surface area contributed by atoms with E-state index in [9.17, 15) is 9.59 Å². The average molecular weight is 367 g/mol. The first kappa shape index (κ1) is 17.6. The smallest absolute Gasteiger partial charge is 0.258 e. The van der Waals surface area contributed by atoms with Crippen molar-refractivity contribution < 1.29 is 9.59 Å². The van der Waals surface area contributed by atoms with E-state index in [4.69, 9.17) is 11.6 Å². The third kappa shape index (κ3) is 4.23. The summed E-state index contributed by atoms with van der Waals surface area (Å²) in [6.07, 6.45) is 0. The van der Waals surface area contributed by atoms with Gasteiger partial charge >= 0.3 is 0 Å². The van der Waals surface area contributed by atoms with E-state index >= 15 is 0 Å². The first-order valence-electron chi connectivity index (χ1n) is 7.80.